The zero-order valence-corrected chi connectivity index (χ0v) is 13.8. The van der Waals surface area contributed by atoms with Crippen LogP contribution < -0.4 is 0 Å². The molecule has 2 aromatic rings. The molecule has 1 heteroatoms. The van der Waals surface area contributed by atoms with Crippen molar-refractivity contribution >= 4 is 0 Å². The largest absolute Gasteiger partial charge is 2.00 e. The Morgan fingerprint density at radius 1 is 0.526 bits per heavy atom. The van der Waals surface area contributed by atoms with Crippen LogP contribution in [-0.4, -0.2) is 0 Å². The van der Waals surface area contributed by atoms with Crippen molar-refractivity contribution in [2.24, 2.45) is 0 Å². The molecule has 2 rings (SSSR count). The third kappa shape index (κ3) is 7.20. The predicted molar refractivity (Wildman–Crippen MR) is 79.0 cm³/mol. The first-order chi connectivity index (χ1) is 8.36. The van der Waals surface area contributed by atoms with Crippen LogP contribution in [0.5, 0.6) is 0 Å². The first kappa shape index (κ1) is 18.0. The fourth-order valence-electron chi connectivity index (χ4n) is 2.22. The van der Waals surface area contributed by atoms with Crippen LogP contribution in [0.1, 0.15) is 33.4 Å². The summed E-state index contributed by atoms with van der Waals surface area (Å²) in [6, 6.07) is 14.9. The molecule has 0 fully saturated rings. The Balaban J connectivity index is 0.000000324. The monoisotopic (exact) mass is 294 g/mol. The van der Waals surface area contributed by atoms with Gasteiger partial charge in [-0.05, 0) is 0 Å². The van der Waals surface area contributed by atoms with Crippen molar-refractivity contribution < 1.29 is 17.1 Å². The van der Waals surface area contributed by atoms with Gasteiger partial charge in [0, 0.05) is 0 Å². The van der Waals surface area contributed by atoms with Crippen molar-refractivity contribution in [3.63, 3.8) is 0 Å². The Kier molecular flexibility index (Phi) is 7.75. The van der Waals surface area contributed by atoms with E-state index in [1.165, 1.54) is 33.4 Å². The van der Waals surface area contributed by atoms with E-state index in [9.17, 15) is 0 Å². The summed E-state index contributed by atoms with van der Waals surface area (Å²) in [5.74, 6) is 0. The first-order valence-electron chi connectivity index (χ1n) is 6.31. The Morgan fingerprint density at radius 3 is 0.895 bits per heavy atom. The maximum atomic E-state index is 3.21. The Bertz CT molecular complexity index is 377. The summed E-state index contributed by atoms with van der Waals surface area (Å²) in [7, 11) is 0. The normalized spacial score (nSPS) is 9.16. The molecular weight excluding hydrogens is 272 g/mol. The molecule has 0 nitrogen and oxygen atoms in total. The smallest absolute Gasteiger partial charge is 0.177 e. The van der Waals surface area contributed by atoms with Crippen LogP contribution in [0.15, 0.2) is 24.3 Å². The molecule has 0 aliphatic rings. The van der Waals surface area contributed by atoms with Crippen molar-refractivity contribution in [1.82, 2.24) is 0 Å². The summed E-state index contributed by atoms with van der Waals surface area (Å²) in [5.41, 5.74) is 7.56. The predicted octanol–water partition coefficient (Wildman–Crippen LogP) is 4.82. The summed E-state index contributed by atoms with van der Waals surface area (Å²) in [6.07, 6.45) is 0. The second-order valence-corrected chi connectivity index (χ2v) is 5.05. The van der Waals surface area contributed by atoms with Crippen molar-refractivity contribution in [2.75, 3.05) is 0 Å². The number of aryl methyl sites for hydroxylation is 6. The van der Waals surface area contributed by atoms with E-state index in [0.29, 0.717) is 0 Å². The maximum absolute atomic E-state index is 3.21. The van der Waals surface area contributed by atoms with Crippen LogP contribution in [0.3, 0.4) is 0 Å². The maximum Gasteiger partial charge on any atom is 2.00 e. The van der Waals surface area contributed by atoms with Crippen LogP contribution in [0.25, 0.3) is 0 Å². The molecule has 0 radical (unpaired) electrons. The fourth-order valence-corrected chi connectivity index (χ4v) is 2.22. The third-order valence-electron chi connectivity index (χ3n) is 2.57. The van der Waals surface area contributed by atoms with E-state index in [2.05, 4.69) is 77.9 Å². The number of hydrogen-bond donors (Lipinski definition) is 0. The number of benzene rings is 2. The van der Waals surface area contributed by atoms with E-state index in [4.69, 9.17) is 0 Å². The minimum Gasteiger partial charge on any atom is -0.177 e. The standard InChI is InChI=1S/2C9H11.Fe/c2*1-7-4-8(2)6-9(3)5-7;/h2*4-5H,1-3H3;/q2*-1;+2. The van der Waals surface area contributed by atoms with E-state index in [-0.39, 0.29) is 17.1 Å². The number of rotatable bonds is 0. The minimum absolute atomic E-state index is 0. The molecule has 0 amide bonds. The quantitative estimate of drug-likeness (QED) is 0.482. The van der Waals surface area contributed by atoms with Gasteiger partial charge in [-0.1, -0.05) is 41.5 Å². The molecule has 0 aliphatic carbocycles. The van der Waals surface area contributed by atoms with Crippen LogP contribution in [0.4, 0.5) is 0 Å². The molecule has 0 saturated heterocycles. The fraction of sp³-hybridized carbons (Fsp3) is 0.333. The van der Waals surface area contributed by atoms with Gasteiger partial charge in [-0.25, -0.2) is 0 Å². The average Bonchev–Trinajstić information content (AvgIpc) is 2.12. The van der Waals surface area contributed by atoms with Gasteiger partial charge >= 0.3 is 17.1 Å². The summed E-state index contributed by atoms with van der Waals surface area (Å²) in [4.78, 5) is 0. The van der Waals surface area contributed by atoms with Gasteiger partial charge in [0.1, 0.15) is 0 Å². The van der Waals surface area contributed by atoms with Crippen LogP contribution in [0, 0.1) is 53.7 Å². The Hall–Kier alpha value is -1.04. The summed E-state index contributed by atoms with van der Waals surface area (Å²) >= 11 is 0. The second kappa shape index (κ2) is 8.19. The molecular formula is C18H22Fe. The van der Waals surface area contributed by atoms with Crippen LogP contribution in [-0.2, 0) is 17.1 Å². The van der Waals surface area contributed by atoms with Crippen molar-refractivity contribution in [3.8, 4) is 0 Å². The van der Waals surface area contributed by atoms with Gasteiger partial charge in [0.25, 0.3) is 0 Å². The molecule has 2 aromatic carbocycles. The van der Waals surface area contributed by atoms with Gasteiger partial charge in [0.2, 0.25) is 0 Å². The van der Waals surface area contributed by atoms with E-state index in [1.54, 1.807) is 0 Å². The second-order valence-electron chi connectivity index (χ2n) is 5.05. The van der Waals surface area contributed by atoms with E-state index in [0.717, 1.165) is 0 Å². The summed E-state index contributed by atoms with van der Waals surface area (Å²) < 4.78 is 0. The molecule has 0 aliphatic heterocycles. The molecule has 0 saturated carbocycles. The molecule has 0 bridgehead atoms. The van der Waals surface area contributed by atoms with Crippen molar-refractivity contribution in [1.29, 1.82) is 0 Å². The van der Waals surface area contributed by atoms with Crippen molar-refractivity contribution in [3.05, 3.63) is 69.8 Å². The molecule has 0 spiro atoms. The molecule has 0 heterocycles. The topological polar surface area (TPSA) is 0 Å². The SMILES string of the molecule is Cc1[c-]c(C)cc(C)c1.Cc1[c-]c(C)cc(C)c1.[Fe+2]. The molecule has 0 aromatic heterocycles. The van der Waals surface area contributed by atoms with Gasteiger partial charge in [-0.2, -0.15) is 69.8 Å². The number of hydrogen-bond acceptors (Lipinski definition) is 0. The minimum atomic E-state index is 0. The van der Waals surface area contributed by atoms with E-state index >= 15 is 0 Å². The molecule has 102 valence electrons. The summed E-state index contributed by atoms with van der Waals surface area (Å²) in [5, 5.41) is 0. The molecule has 0 atom stereocenters. The van der Waals surface area contributed by atoms with Crippen LogP contribution in [0.2, 0.25) is 0 Å². The Labute approximate surface area is 128 Å². The van der Waals surface area contributed by atoms with Gasteiger partial charge in [0.05, 0.1) is 0 Å². The first-order valence-corrected chi connectivity index (χ1v) is 6.31. The van der Waals surface area contributed by atoms with Gasteiger partial charge in [-0.15, -0.1) is 0 Å². The van der Waals surface area contributed by atoms with E-state index < -0.39 is 0 Å². The zero-order chi connectivity index (χ0) is 13.7. The van der Waals surface area contributed by atoms with Gasteiger partial charge < -0.3 is 0 Å². The van der Waals surface area contributed by atoms with Crippen molar-refractivity contribution in [2.45, 2.75) is 41.5 Å². The van der Waals surface area contributed by atoms with E-state index in [1.807, 2.05) is 0 Å². The van der Waals surface area contributed by atoms with Gasteiger partial charge in [-0.3, -0.25) is 0 Å². The summed E-state index contributed by atoms with van der Waals surface area (Å²) in [6.45, 7) is 12.5. The third-order valence-corrected chi connectivity index (χ3v) is 2.57. The molecule has 0 unspecified atom stereocenters. The Morgan fingerprint density at radius 2 is 0.737 bits per heavy atom. The van der Waals surface area contributed by atoms with Crippen LogP contribution >= 0.6 is 0 Å². The van der Waals surface area contributed by atoms with Gasteiger partial charge in [0.15, 0.2) is 0 Å². The molecule has 19 heavy (non-hydrogen) atoms. The zero-order valence-electron chi connectivity index (χ0n) is 12.7. The molecule has 0 N–H and O–H groups in total. The average molecular weight is 294 g/mol.